The number of piperidine rings is 1. The summed E-state index contributed by atoms with van der Waals surface area (Å²) >= 11 is 0. The lowest BCUT2D eigenvalue weighted by molar-refractivity contribution is 0.0829. The van der Waals surface area contributed by atoms with Gasteiger partial charge in [-0.1, -0.05) is 59.2 Å². The third-order valence-corrected chi connectivity index (χ3v) is 8.00. The van der Waals surface area contributed by atoms with Gasteiger partial charge in [0.15, 0.2) is 5.78 Å². The fourth-order valence-corrected chi connectivity index (χ4v) is 5.91. The van der Waals surface area contributed by atoms with Gasteiger partial charge in [0, 0.05) is 24.6 Å². The van der Waals surface area contributed by atoms with Gasteiger partial charge < -0.3 is 0 Å². The third kappa shape index (κ3) is 3.94. The molecule has 152 valence electrons. The summed E-state index contributed by atoms with van der Waals surface area (Å²) in [6, 6.07) is 14.5. The van der Waals surface area contributed by atoms with Crippen LogP contribution in [0.2, 0.25) is 0 Å². The largest absolute Gasteiger partial charge is 0.294 e. The highest BCUT2D eigenvalue weighted by atomic mass is 32.2. The zero-order valence-electron chi connectivity index (χ0n) is 17.0. The topological polar surface area (TPSA) is 54.5 Å². The van der Waals surface area contributed by atoms with Gasteiger partial charge in [-0.05, 0) is 51.2 Å². The Morgan fingerprint density at radius 1 is 0.966 bits per heavy atom. The van der Waals surface area contributed by atoms with E-state index in [-0.39, 0.29) is 24.2 Å². The molecule has 0 radical (unpaired) electrons. The van der Waals surface area contributed by atoms with Crippen LogP contribution in [0.3, 0.4) is 0 Å². The Bertz CT molecular complexity index is 1040. The molecule has 0 saturated carbocycles. The molecule has 2 aliphatic rings. The first-order valence-electron chi connectivity index (χ1n) is 10.2. The van der Waals surface area contributed by atoms with Crippen molar-refractivity contribution in [2.75, 3.05) is 13.1 Å². The normalized spacial score (nSPS) is 22.6. The first-order chi connectivity index (χ1) is 13.9. The van der Waals surface area contributed by atoms with Crippen LogP contribution in [0.25, 0.3) is 0 Å². The maximum atomic E-state index is 13.4. The number of aryl methyl sites for hydroxylation is 2. The Morgan fingerprint density at radius 2 is 1.59 bits per heavy atom. The van der Waals surface area contributed by atoms with Crippen LogP contribution in [0.1, 0.15) is 40.7 Å². The maximum absolute atomic E-state index is 13.4. The Morgan fingerprint density at radius 3 is 2.24 bits per heavy atom. The average Bonchev–Trinajstić information content (AvgIpc) is 2.73. The van der Waals surface area contributed by atoms with Gasteiger partial charge in [0.25, 0.3) is 0 Å². The molecule has 1 aliphatic heterocycles. The summed E-state index contributed by atoms with van der Waals surface area (Å²) in [5.74, 6) is -0.146. The van der Waals surface area contributed by atoms with E-state index in [1.165, 1.54) is 4.31 Å². The molecule has 2 aromatic carbocycles. The number of nitrogens with zero attached hydrogens (tertiary/aromatic N) is 1. The van der Waals surface area contributed by atoms with Gasteiger partial charge in [-0.15, -0.1) is 0 Å². The number of sulfonamides is 1. The van der Waals surface area contributed by atoms with Gasteiger partial charge in [0.05, 0.1) is 4.90 Å². The third-order valence-electron chi connectivity index (χ3n) is 6.18. The van der Waals surface area contributed by atoms with Crippen LogP contribution >= 0.6 is 0 Å². The highest BCUT2D eigenvalue weighted by molar-refractivity contribution is 7.89. The van der Waals surface area contributed by atoms with Crippen LogP contribution in [0, 0.1) is 25.7 Å². The molecule has 5 heteroatoms. The predicted molar refractivity (Wildman–Crippen MR) is 114 cm³/mol. The molecule has 2 atom stereocenters. The smallest absolute Gasteiger partial charge is 0.243 e. The number of carbonyl (C=O) groups excluding carboxylic acids is 1. The highest BCUT2D eigenvalue weighted by Crippen LogP contribution is 2.39. The molecule has 4 nitrogen and oxygen atoms in total. The molecule has 1 heterocycles. The minimum Gasteiger partial charge on any atom is -0.294 e. The van der Waals surface area contributed by atoms with Crippen molar-refractivity contribution in [1.82, 2.24) is 4.31 Å². The molecule has 29 heavy (non-hydrogen) atoms. The second-order valence-electron chi connectivity index (χ2n) is 8.26. The summed E-state index contributed by atoms with van der Waals surface area (Å²) < 4.78 is 28.1. The summed E-state index contributed by atoms with van der Waals surface area (Å²) in [6.45, 7) is 4.56. The second kappa shape index (κ2) is 7.88. The van der Waals surface area contributed by atoms with Gasteiger partial charge in [0.1, 0.15) is 0 Å². The van der Waals surface area contributed by atoms with E-state index in [0.29, 0.717) is 17.0 Å². The minimum atomic E-state index is -3.64. The zero-order chi connectivity index (χ0) is 20.6. The van der Waals surface area contributed by atoms with E-state index < -0.39 is 10.0 Å². The standard InChI is InChI=1S/C24H27NO3S/c1-17-7-11-19(12-8-17)24(26)23-16-25(15-20-5-3-4-6-22(20)23)29(27,28)21-13-9-18(2)10-14-21/h5,7-14,22-23H,3-4,6,15-16H2,1-2H3. The molecule has 0 spiro atoms. The molecular formula is C24H27NO3S. The summed E-state index contributed by atoms with van der Waals surface area (Å²) in [7, 11) is -3.64. The van der Waals surface area contributed by atoms with E-state index in [4.69, 9.17) is 0 Å². The number of hydrogen-bond donors (Lipinski definition) is 0. The van der Waals surface area contributed by atoms with Gasteiger partial charge in [-0.25, -0.2) is 8.42 Å². The SMILES string of the molecule is Cc1ccc(C(=O)C2CN(S(=O)(=O)c3ccc(C)cc3)CC3=CCCCC32)cc1. The van der Waals surface area contributed by atoms with Crippen molar-refractivity contribution in [2.24, 2.45) is 11.8 Å². The van der Waals surface area contributed by atoms with Gasteiger partial charge in [-0.3, -0.25) is 4.79 Å². The van der Waals surface area contributed by atoms with Crippen LogP contribution < -0.4 is 0 Å². The van der Waals surface area contributed by atoms with Crippen molar-refractivity contribution >= 4 is 15.8 Å². The summed E-state index contributed by atoms with van der Waals surface area (Å²) in [4.78, 5) is 13.7. The van der Waals surface area contributed by atoms with Gasteiger partial charge in [-0.2, -0.15) is 4.31 Å². The maximum Gasteiger partial charge on any atom is 0.243 e. The molecule has 1 saturated heterocycles. The number of carbonyl (C=O) groups is 1. The molecule has 0 aromatic heterocycles. The van der Waals surface area contributed by atoms with E-state index in [2.05, 4.69) is 6.08 Å². The number of Topliss-reactive ketones (excluding diaryl/α,β-unsaturated/α-hetero) is 1. The van der Waals surface area contributed by atoms with Crippen LogP contribution in [0.4, 0.5) is 0 Å². The van der Waals surface area contributed by atoms with E-state index in [1.54, 1.807) is 12.1 Å². The zero-order valence-corrected chi connectivity index (χ0v) is 17.8. The molecule has 1 aliphatic carbocycles. The molecule has 2 aromatic rings. The number of hydrogen-bond acceptors (Lipinski definition) is 3. The number of fused-ring (bicyclic) bond motifs is 1. The summed E-state index contributed by atoms with van der Waals surface area (Å²) in [5, 5.41) is 0. The molecule has 0 bridgehead atoms. The first kappa shape index (κ1) is 20.0. The number of ketones is 1. The average molecular weight is 410 g/mol. The van der Waals surface area contributed by atoms with E-state index in [0.717, 1.165) is 36.0 Å². The molecule has 0 N–H and O–H groups in total. The second-order valence-corrected chi connectivity index (χ2v) is 10.2. The lowest BCUT2D eigenvalue weighted by Gasteiger charge is -2.41. The number of rotatable bonds is 4. The fourth-order valence-electron chi connectivity index (χ4n) is 4.46. The van der Waals surface area contributed by atoms with Crippen molar-refractivity contribution in [3.8, 4) is 0 Å². The number of allylic oxidation sites excluding steroid dienone is 1. The molecule has 4 rings (SSSR count). The summed E-state index contributed by atoms with van der Waals surface area (Å²) in [6.07, 6.45) is 5.11. The Kier molecular flexibility index (Phi) is 5.45. The van der Waals surface area contributed by atoms with Crippen molar-refractivity contribution < 1.29 is 13.2 Å². The summed E-state index contributed by atoms with van der Waals surface area (Å²) in [5.41, 5.74) is 3.89. The van der Waals surface area contributed by atoms with E-state index >= 15 is 0 Å². The molecule has 1 fully saturated rings. The fraction of sp³-hybridized carbons (Fsp3) is 0.375. The Hall–Kier alpha value is -2.24. The molecular weight excluding hydrogens is 382 g/mol. The van der Waals surface area contributed by atoms with Crippen LogP contribution in [0.5, 0.6) is 0 Å². The Balaban J connectivity index is 1.69. The molecule has 2 unspecified atom stereocenters. The van der Waals surface area contributed by atoms with Crippen LogP contribution in [0.15, 0.2) is 65.1 Å². The Labute approximate surface area is 173 Å². The van der Waals surface area contributed by atoms with Crippen molar-refractivity contribution in [1.29, 1.82) is 0 Å². The number of benzene rings is 2. The van der Waals surface area contributed by atoms with Crippen LogP contribution in [-0.2, 0) is 10.0 Å². The monoisotopic (exact) mass is 409 g/mol. The first-order valence-corrected chi connectivity index (χ1v) is 11.7. The van der Waals surface area contributed by atoms with Crippen molar-refractivity contribution in [3.63, 3.8) is 0 Å². The minimum absolute atomic E-state index is 0.0478. The van der Waals surface area contributed by atoms with Crippen molar-refractivity contribution in [2.45, 2.75) is 38.0 Å². The highest BCUT2D eigenvalue weighted by Gasteiger charge is 2.42. The van der Waals surface area contributed by atoms with Gasteiger partial charge >= 0.3 is 0 Å². The van der Waals surface area contributed by atoms with E-state index in [9.17, 15) is 13.2 Å². The lowest BCUT2D eigenvalue weighted by atomic mass is 9.73. The van der Waals surface area contributed by atoms with Crippen LogP contribution in [-0.4, -0.2) is 31.6 Å². The van der Waals surface area contributed by atoms with E-state index in [1.807, 2.05) is 50.2 Å². The molecule has 0 amide bonds. The quantitative estimate of drug-likeness (QED) is 0.551. The lowest BCUT2D eigenvalue weighted by Crippen LogP contribution is -2.48. The van der Waals surface area contributed by atoms with Gasteiger partial charge in [0.2, 0.25) is 10.0 Å². The van der Waals surface area contributed by atoms with Crippen molar-refractivity contribution in [3.05, 3.63) is 76.9 Å². The predicted octanol–water partition coefficient (Wildman–Crippen LogP) is 4.53.